The van der Waals surface area contributed by atoms with Crippen LogP contribution in [0.4, 0.5) is 4.39 Å². The Morgan fingerprint density at radius 2 is 2.07 bits per heavy atom. The van der Waals surface area contributed by atoms with Gasteiger partial charge in [0.05, 0.1) is 22.0 Å². The van der Waals surface area contributed by atoms with Gasteiger partial charge in [0.15, 0.2) is 0 Å². The highest BCUT2D eigenvalue weighted by Gasteiger charge is 2.42. The van der Waals surface area contributed by atoms with E-state index in [1.807, 2.05) is 6.92 Å². The van der Waals surface area contributed by atoms with Crippen molar-refractivity contribution in [2.45, 2.75) is 45.1 Å². The van der Waals surface area contributed by atoms with Crippen LogP contribution in [0.1, 0.15) is 50.6 Å². The Morgan fingerprint density at radius 3 is 2.67 bits per heavy atom. The van der Waals surface area contributed by atoms with E-state index < -0.39 is 29.0 Å². The van der Waals surface area contributed by atoms with Crippen molar-refractivity contribution in [1.82, 2.24) is 9.62 Å². The molecule has 1 heterocycles. The lowest BCUT2D eigenvalue weighted by atomic mass is 9.76. The molecule has 5 nitrogen and oxygen atoms in total. The van der Waals surface area contributed by atoms with E-state index in [1.54, 1.807) is 0 Å². The van der Waals surface area contributed by atoms with E-state index in [4.69, 9.17) is 23.2 Å². The van der Waals surface area contributed by atoms with Gasteiger partial charge in [-0.1, -0.05) is 43.0 Å². The molecule has 1 N–H and O–H groups in total. The van der Waals surface area contributed by atoms with Crippen molar-refractivity contribution in [1.29, 1.82) is 0 Å². The standard InChI is InChI=1S/C18H23Cl2FN2O3S/c1-18(7-2-3-8-18)16(14-13(21)5-4-12(19)15(14)20)22-17(24)11-6-9-23(10-11)27(25)26/h4-5,11,16H,2-3,6-10H2,1H3,(H,22,24)(H,25,26)/p-1/t11-,16+/m0/s1. The number of hydrogen-bond donors (Lipinski definition) is 1. The molecule has 150 valence electrons. The van der Waals surface area contributed by atoms with Crippen LogP contribution in [0.15, 0.2) is 12.1 Å². The van der Waals surface area contributed by atoms with Crippen molar-refractivity contribution in [3.05, 3.63) is 33.6 Å². The van der Waals surface area contributed by atoms with E-state index in [1.165, 1.54) is 16.4 Å². The van der Waals surface area contributed by atoms with Crippen LogP contribution in [-0.4, -0.2) is 32.1 Å². The van der Waals surface area contributed by atoms with Crippen molar-refractivity contribution in [2.75, 3.05) is 13.1 Å². The van der Waals surface area contributed by atoms with Gasteiger partial charge in [0.25, 0.3) is 0 Å². The molecule has 1 aromatic carbocycles. The highest BCUT2D eigenvalue weighted by molar-refractivity contribution is 7.76. The summed E-state index contributed by atoms with van der Waals surface area (Å²) in [5.41, 5.74) is -0.131. The van der Waals surface area contributed by atoms with E-state index in [0.29, 0.717) is 13.0 Å². The van der Waals surface area contributed by atoms with E-state index in [-0.39, 0.29) is 33.5 Å². The van der Waals surface area contributed by atoms with Gasteiger partial charge in [0.2, 0.25) is 5.91 Å². The summed E-state index contributed by atoms with van der Waals surface area (Å²) in [6.45, 7) is 2.47. The van der Waals surface area contributed by atoms with Gasteiger partial charge in [-0.05, 0) is 36.8 Å². The quantitative estimate of drug-likeness (QED) is 0.561. The second-order valence-electron chi connectivity index (χ2n) is 7.65. The van der Waals surface area contributed by atoms with Crippen LogP contribution >= 0.6 is 23.2 Å². The Hall–Kier alpha value is -0.730. The molecule has 0 bridgehead atoms. The van der Waals surface area contributed by atoms with Gasteiger partial charge in [0, 0.05) is 29.9 Å². The SMILES string of the molecule is CC1([C@H](NC(=O)[C@H]2CCN(S(=O)[O-])C2)c2c(F)ccc(Cl)c2Cl)CCCC1. The maximum Gasteiger partial charge on any atom is 0.224 e. The second-order valence-corrected chi connectivity index (χ2v) is 9.39. The predicted molar refractivity (Wildman–Crippen MR) is 102 cm³/mol. The Kier molecular flexibility index (Phi) is 6.48. The molecule has 1 amide bonds. The number of nitrogens with zero attached hydrogens (tertiary/aromatic N) is 1. The Bertz CT molecular complexity index is 758. The molecule has 3 rings (SSSR count). The van der Waals surface area contributed by atoms with Crippen LogP contribution < -0.4 is 5.32 Å². The number of benzene rings is 1. The first-order valence-electron chi connectivity index (χ1n) is 9.01. The van der Waals surface area contributed by atoms with Gasteiger partial charge in [-0.3, -0.25) is 9.00 Å². The van der Waals surface area contributed by atoms with Crippen LogP contribution in [0.3, 0.4) is 0 Å². The first-order chi connectivity index (χ1) is 12.7. The Balaban J connectivity index is 1.89. The molecule has 27 heavy (non-hydrogen) atoms. The third-order valence-corrected chi connectivity index (χ3v) is 7.40. The van der Waals surface area contributed by atoms with Gasteiger partial charge in [-0.25, -0.2) is 8.70 Å². The third-order valence-electron chi connectivity index (χ3n) is 5.83. The molecule has 9 heteroatoms. The molecule has 1 saturated carbocycles. The molecule has 1 aliphatic carbocycles. The Labute approximate surface area is 171 Å². The van der Waals surface area contributed by atoms with Crippen LogP contribution in [0.25, 0.3) is 0 Å². The maximum absolute atomic E-state index is 14.7. The van der Waals surface area contributed by atoms with Crippen LogP contribution in [0.5, 0.6) is 0 Å². The number of hydrogen-bond acceptors (Lipinski definition) is 3. The summed E-state index contributed by atoms with van der Waals surface area (Å²) in [6, 6.07) is 2.04. The van der Waals surface area contributed by atoms with Gasteiger partial charge in [-0.15, -0.1) is 0 Å². The fraction of sp³-hybridized carbons (Fsp3) is 0.611. The van der Waals surface area contributed by atoms with Crippen LogP contribution in [0, 0.1) is 17.2 Å². The molecule has 3 atom stereocenters. The minimum atomic E-state index is -2.34. The van der Waals surface area contributed by atoms with Crippen LogP contribution in [-0.2, 0) is 16.1 Å². The fourth-order valence-corrected chi connectivity index (χ4v) is 5.19. The molecular formula is C18H22Cl2FN2O3S-. The third kappa shape index (κ3) is 4.32. The topological polar surface area (TPSA) is 72.5 Å². The highest BCUT2D eigenvalue weighted by Crippen LogP contribution is 2.50. The summed E-state index contributed by atoms with van der Waals surface area (Å²) in [5.74, 6) is -1.25. The number of nitrogens with one attached hydrogen (secondary N) is 1. The van der Waals surface area contributed by atoms with Gasteiger partial charge in [0.1, 0.15) is 5.82 Å². The van der Waals surface area contributed by atoms with Gasteiger partial charge < -0.3 is 9.87 Å². The number of amides is 1. The largest absolute Gasteiger partial charge is 0.760 e. The van der Waals surface area contributed by atoms with Gasteiger partial charge in [-0.2, -0.15) is 0 Å². The van der Waals surface area contributed by atoms with E-state index in [2.05, 4.69) is 5.32 Å². The fourth-order valence-electron chi connectivity index (χ4n) is 4.21. The number of carbonyl (C=O) groups is 1. The average molecular weight is 436 g/mol. The molecule has 1 aliphatic heterocycles. The van der Waals surface area contributed by atoms with Crippen molar-refractivity contribution in [2.24, 2.45) is 11.3 Å². The summed E-state index contributed by atoms with van der Waals surface area (Å²) in [5, 5.41) is 3.33. The second kappa shape index (κ2) is 8.33. The molecule has 0 aromatic heterocycles. The molecule has 2 fully saturated rings. The zero-order chi connectivity index (χ0) is 19.8. The lowest BCUT2D eigenvalue weighted by Crippen LogP contribution is -2.42. The summed E-state index contributed by atoms with van der Waals surface area (Å²) < 4.78 is 38.2. The summed E-state index contributed by atoms with van der Waals surface area (Å²) in [6.07, 6.45) is 4.10. The zero-order valence-electron chi connectivity index (χ0n) is 15.0. The highest BCUT2D eigenvalue weighted by atomic mass is 35.5. The molecular weight excluding hydrogens is 414 g/mol. The number of carbonyl (C=O) groups excluding carboxylic acids is 1. The normalized spacial score (nSPS) is 24.7. The number of halogens is 3. The van der Waals surface area contributed by atoms with E-state index in [9.17, 15) is 17.9 Å². The zero-order valence-corrected chi connectivity index (χ0v) is 17.3. The number of rotatable bonds is 5. The van der Waals surface area contributed by atoms with Crippen molar-refractivity contribution in [3.63, 3.8) is 0 Å². The molecule has 0 radical (unpaired) electrons. The Morgan fingerprint density at radius 1 is 1.41 bits per heavy atom. The first kappa shape index (κ1) is 21.0. The van der Waals surface area contributed by atoms with Crippen molar-refractivity contribution in [3.8, 4) is 0 Å². The lowest BCUT2D eigenvalue weighted by molar-refractivity contribution is -0.126. The van der Waals surface area contributed by atoms with E-state index >= 15 is 0 Å². The molecule has 0 spiro atoms. The molecule has 1 unspecified atom stereocenters. The average Bonchev–Trinajstić information content (AvgIpc) is 3.27. The molecule has 1 aromatic rings. The predicted octanol–water partition coefficient (Wildman–Crippen LogP) is 3.99. The van der Waals surface area contributed by atoms with Crippen molar-refractivity contribution >= 4 is 40.4 Å². The maximum atomic E-state index is 14.7. The summed E-state index contributed by atoms with van der Waals surface area (Å²) in [7, 11) is 0. The smallest absolute Gasteiger partial charge is 0.224 e. The van der Waals surface area contributed by atoms with Crippen molar-refractivity contribution < 1.29 is 17.9 Å². The van der Waals surface area contributed by atoms with Gasteiger partial charge >= 0.3 is 0 Å². The monoisotopic (exact) mass is 435 g/mol. The molecule has 1 saturated heterocycles. The minimum Gasteiger partial charge on any atom is -0.760 e. The first-order valence-corrected chi connectivity index (χ1v) is 10.8. The summed E-state index contributed by atoms with van der Waals surface area (Å²) >= 11 is 10.1. The minimum absolute atomic E-state index is 0.115. The van der Waals surface area contributed by atoms with Crippen LogP contribution in [0.2, 0.25) is 10.0 Å². The van der Waals surface area contributed by atoms with E-state index in [0.717, 1.165) is 25.7 Å². The lowest BCUT2D eigenvalue weighted by Gasteiger charge is -2.36. The molecule has 2 aliphatic rings. The summed E-state index contributed by atoms with van der Waals surface area (Å²) in [4.78, 5) is 12.9.